The van der Waals surface area contributed by atoms with Crippen molar-refractivity contribution in [1.29, 1.82) is 0 Å². The van der Waals surface area contributed by atoms with Crippen molar-refractivity contribution in [3.8, 4) is 0 Å². The Bertz CT molecular complexity index is 778. The molecule has 1 aliphatic rings. The van der Waals surface area contributed by atoms with E-state index in [0.29, 0.717) is 6.42 Å². The zero-order valence-electron chi connectivity index (χ0n) is 20.0. The number of aliphatic hydroxyl groups is 1. The minimum absolute atomic E-state index is 0.0160. The first-order valence-corrected chi connectivity index (χ1v) is 11.5. The zero-order chi connectivity index (χ0) is 24.0. The monoisotopic (exact) mass is 446 g/mol. The minimum atomic E-state index is -1.01. The maximum Gasteiger partial charge on any atom is 0.407 e. The van der Waals surface area contributed by atoms with Crippen molar-refractivity contribution >= 4 is 17.8 Å². The highest BCUT2D eigenvalue weighted by Gasteiger charge is 2.56. The van der Waals surface area contributed by atoms with Gasteiger partial charge in [-0.3, -0.25) is 9.59 Å². The summed E-state index contributed by atoms with van der Waals surface area (Å²) in [7, 11) is 0. The van der Waals surface area contributed by atoms with E-state index >= 15 is 0 Å². The van der Waals surface area contributed by atoms with Gasteiger partial charge in [-0.05, 0) is 29.7 Å². The van der Waals surface area contributed by atoms with Gasteiger partial charge in [0, 0.05) is 0 Å². The van der Waals surface area contributed by atoms with Crippen LogP contribution in [0.3, 0.4) is 0 Å². The number of carbonyl (C=O) groups is 3. The van der Waals surface area contributed by atoms with Gasteiger partial charge in [-0.1, -0.05) is 71.9 Å². The highest BCUT2D eigenvalue weighted by Crippen LogP contribution is 2.46. The summed E-state index contributed by atoms with van der Waals surface area (Å²) in [5.41, 5.74) is 0.877. The SMILES string of the molecule is CC(C)COC(=O)N[C@@H](CC(C)C)C(=O)N[C@@H](C(C)C)[C@@H](O)C1C(=O)C1c1ccccc1. The van der Waals surface area contributed by atoms with Crippen LogP contribution in [0.2, 0.25) is 0 Å². The molecule has 0 aromatic heterocycles. The molecule has 1 saturated carbocycles. The fourth-order valence-electron chi connectivity index (χ4n) is 3.92. The van der Waals surface area contributed by atoms with Gasteiger partial charge in [-0.2, -0.15) is 0 Å². The lowest BCUT2D eigenvalue weighted by Gasteiger charge is -2.30. The Morgan fingerprint density at radius 2 is 1.62 bits per heavy atom. The second-order valence-electron chi connectivity index (χ2n) is 9.90. The summed E-state index contributed by atoms with van der Waals surface area (Å²) in [5.74, 6) is -1.05. The van der Waals surface area contributed by atoms with Crippen molar-refractivity contribution in [2.75, 3.05) is 6.61 Å². The van der Waals surface area contributed by atoms with Gasteiger partial charge < -0.3 is 20.5 Å². The van der Waals surface area contributed by atoms with Crippen molar-refractivity contribution < 1.29 is 24.2 Å². The molecule has 178 valence electrons. The van der Waals surface area contributed by atoms with Gasteiger partial charge in [-0.25, -0.2) is 4.79 Å². The third kappa shape index (κ3) is 7.05. The van der Waals surface area contributed by atoms with Crippen LogP contribution in [0.1, 0.15) is 59.4 Å². The minimum Gasteiger partial charge on any atom is -0.449 e. The number of carbonyl (C=O) groups excluding carboxylic acids is 3. The number of ether oxygens (including phenoxy) is 1. The van der Waals surface area contributed by atoms with Gasteiger partial charge in [0.05, 0.1) is 30.6 Å². The van der Waals surface area contributed by atoms with E-state index in [-0.39, 0.29) is 42.0 Å². The molecule has 2 rings (SSSR count). The Morgan fingerprint density at radius 3 is 2.16 bits per heavy atom. The van der Waals surface area contributed by atoms with Crippen LogP contribution in [0.5, 0.6) is 0 Å². The van der Waals surface area contributed by atoms with Crippen molar-refractivity contribution in [1.82, 2.24) is 10.6 Å². The second-order valence-corrected chi connectivity index (χ2v) is 9.90. The van der Waals surface area contributed by atoms with E-state index in [1.165, 1.54) is 0 Å². The Kier molecular flexibility index (Phi) is 9.25. The predicted octanol–water partition coefficient (Wildman–Crippen LogP) is 3.27. The normalized spacial score (nSPS) is 20.8. The molecule has 0 saturated heterocycles. The molecule has 0 radical (unpaired) electrons. The highest BCUT2D eigenvalue weighted by molar-refractivity contribution is 6.05. The molecule has 0 aliphatic heterocycles. The van der Waals surface area contributed by atoms with Crippen LogP contribution >= 0.6 is 0 Å². The molecule has 0 spiro atoms. The molecule has 0 heterocycles. The number of ketones is 1. The van der Waals surface area contributed by atoms with Crippen LogP contribution < -0.4 is 10.6 Å². The first-order valence-electron chi connectivity index (χ1n) is 11.5. The number of rotatable bonds is 11. The number of nitrogens with one attached hydrogen (secondary N) is 2. The molecule has 1 fully saturated rings. The van der Waals surface area contributed by atoms with Gasteiger partial charge in [-0.15, -0.1) is 0 Å². The average Bonchev–Trinajstić information content (AvgIpc) is 3.40. The molecule has 32 heavy (non-hydrogen) atoms. The Labute approximate surface area is 191 Å². The molecular weight excluding hydrogens is 408 g/mol. The van der Waals surface area contributed by atoms with E-state index < -0.39 is 30.2 Å². The number of hydrogen-bond acceptors (Lipinski definition) is 5. The van der Waals surface area contributed by atoms with E-state index in [1.807, 2.05) is 71.9 Å². The Hall–Kier alpha value is -2.41. The summed E-state index contributed by atoms with van der Waals surface area (Å²) in [6, 6.07) is 7.97. The first-order chi connectivity index (χ1) is 15.0. The number of aliphatic hydroxyl groups excluding tert-OH is 1. The fourth-order valence-corrected chi connectivity index (χ4v) is 3.92. The Balaban J connectivity index is 2.07. The van der Waals surface area contributed by atoms with E-state index in [4.69, 9.17) is 4.74 Å². The van der Waals surface area contributed by atoms with Gasteiger partial charge in [0.2, 0.25) is 5.91 Å². The lowest BCUT2D eigenvalue weighted by molar-refractivity contribution is -0.126. The average molecular weight is 447 g/mol. The summed E-state index contributed by atoms with van der Waals surface area (Å²) in [6.45, 7) is 11.8. The fraction of sp³-hybridized carbons (Fsp3) is 0.640. The van der Waals surface area contributed by atoms with Crippen molar-refractivity contribution in [2.24, 2.45) is 23.7 Å². The lowest BCUT2D eigenvalue weighted by Crippen LogP contribution is -2.55. The largest absolute Gasteiger partial charge is 0.449 e. The van der Waals surface area contributed by atoms with Gasteiger partial charge in [0.25, 0.3) is 0 Å². The molecular formula is C25H38N2O5. The van der Waals surface area contributed by atoms with Gasteiger partial charge in [0.15, 0.2) is 0 Å². The van der Waals surface area contributed by atoms with Crippen LogP contribution in [0.15, 0.2) is 30.3 Å². The van der Waals surface area contributed by atoms with Crippen molar-refractivity contribution in [3.63, 3.8) is 0 Å². The number of amides is 2. The van der Waals surface area contributed by atoms with Crippen LogP contribution in [0.25, 0.3) is 0 Å². The molecule has 1 aromatic carbocycles. The highest BCUT2D eigenvalue weighted by atomic mass is 16.5. The second kappa shape index (κ2) is 11.5. The molecule has 3 N–H and O–H groups in total. The van der Waals surface area contributed by atoms with E-state index in [2.05, 4.69) is 10.6 Å². The molecule has 2 unspecified atom stereocenters. The maximum atomic E-state index is 13.1. The van der Waals surface area contributed by atoms with Gasteiger partial charge >= 0.3 is 6.09 Å². The number of Topliss-reactive ketones (excluding diaryl/α,β-unsaturated/α-hetero) is 1. The number of hydrogen-bond donors (Lipinski definition) is 3. The molecule has 7 nitrogen and oxygen atoms in total. The molecule has 0 bridgehead atoms. The lowest BCUT2D eigenvalue weighted by atomic mass is 9.92. The summed E-state index contributed by atoms with van der Waals surface area (Å²) in [6.07, 6.45) is -1.22. The topological polar surface area (TPSA) is 105 Å². The van der Waals surface area contributed by atoms with Crippen LogP contribution in [0.4, 0.5) is 4.79 Å². The molecule has 2 amide bonds. The predicted molar refractivity (Wildman–Crippen MR) is 123 cm³/mol. The van der Waals surface area contributed by atoms with Crippen LogP contribution in [-0.2, 0) is 14.3 Å². The summed E-state index contributed by atoms with van der Waals surface area (Å²) < 4.78 is 5.17. The third-order valence-corrected chi connectivity index (χ3v) is 5.67. The number of benzene rings is 1. The van der Waals surface area contributed by atoms with Crippen molar-refractivity contribution in [2.45, 2.75) is 72.1 Å². The smallest absolute Gasteiger partial charge is 0.407 e. The Morgan fingerprint density at radius 1 is 1.00 bits per heavy atom. The third-order valence-electron chi connectivity index (χ3n) is 5.67. The van der Waals surface area contributed by atoms with Crippen molar-refractivity contribution in [3.05, 3.63) is 35.9 Å². The van der Waals surface area contributed by atoms with E-state index in [1.54, 1.807) is 0 Å². The first kappa shape index (κ1) is 25.8. The quantitative estimate of drug-likeness (QED) is 0.484. The molecule has 7 heteroatoms. The summed E-state index contributed by atoms with van der Waals surface area (Å²) >= 11 is 0. The van der Waals surface area contributed by atoms with Crippen LogP contribution in [-0.4, -0.2) is 47.7 Å². The van der Waals surface area contributed by atoms with E-state index in [0.717, 1.165) is 5.56 Å². The molecule has 1 aromatic rings. The molecule has 5 atom stereocenters. The van der Waals surface area contributed by atoms with E-state index in [9.17, 15) is 19.5 Å². The summed E-state index contributed by atoms with van der Waals surface area (Å²) in [4.78, 5) is 37.7. The van der Waals surface area contributed by atoms with Crippen LogP contribution in [0, 0.1) is 23.7 Å². The zero-order valence-corrected chi connectivity index (χ0v) is 20.0. The maximum absolute atomic E-state index is 13.1. The number of alkyl carbamates (subject to hydrolysis) is 1. The molecule has 1 aliphatic carbocycles. The van der Waals surface area contributed by atoms with Gasteiger partial charge in [0.1, 0.15) is 11.8 Å². The standard InChI is InChI=1S/C25H38N2O5/c1-14(2)12-18(26-25(31)32-13-15(3)4)24(30)27-21(16(5)6)23(29)20-19(22(20)28)17-10-8-7-9-11-17/h7-11,14-16,18-21,23,29H,12-13H2,1-6H3,(H,26,31)(H,27,30)/t18-,19?,20?,21-,23-/m0/s1. The summed E-state index contributed by atoms with van der Waals surface area (Å²) in [5, 5.41) is 16.6.